The first-order chi connectivity index (χ1) is 25.2. The first kappa shape index (κ1) is 35.9. The molecule has 8 nitrogen and oxygen atoms in total. The highest BCUT2D eigenvalue weighted by Gasteiger charge is 2.56. The van der Waals surface area contributed by atoms with Crippen molar-refractivity contribution in [3.63, 3.8) is 0 Å². The number of thioether (sulfide) groups is 1. The molecule has 2 aliphatic rings. The van der Waals surface area contributed by atoms with Gasteiger partial charge in [-0.05, 0) is 58.3 Å². The minimum absolute atomic E-state index is 0.120. The molecule has 264 valence electrons. The Morgan fingerprint density at radius 1 is 0.808 bits per heavy atom. The van der Waals surface area contributed by atoms with Gasteiger partial charge in [-0.2, -0.15) is 0 Å². The van der Waals surface area contributed by atoms with Crippen LogP contribution >= 0.6 is 57.9 Å². The lowest BCUT2D eigenvalue weighted by molar-refractivity contribution is -0.165. The molecule has 0 spiro atoms. The molecule has 52 heavy (non-hydrogen) atoms. The Balaban J connectivity index is 1.16. The van der Waals surface area contributed by atoms with Crippen LogP contribution in [0.15, 0.2) is 126 Å². The van der Waals surface area contributed by atoms with Crippen LogP contribution in [0.3, 0.4) is 0 Å². The Kier molecular flexibility index (Phi) is 11.1. The number of carbonyl (C=O) groups excluding carboxylic acids is 3. The van der Waals surface area contributed by atoms with Gasteiger partial charge in [-0.15, -0.1) is 23.1 Å². The Morgan fingerprint density at radius 2 is 1.48 bits per heavy atom. The van der Waals surface area contributed by atoms with Crippen LogP contribution < -0.4 is 14.8 Å². The van der Waals surface area contributed by atoms with Crippen LogP contribution in [-0.2, 0) is 25.5 Å². The molecule has 1 saturated heterocycles. The molecule has 3 heterocycles. The van der Waals surface area contributed by atoms with Gasteiger partial charge in [0.05, 0.1) is 11.4 Å². The summed E-state index contributed by atoms with van der Waals surface area (Å²) in [5, 5.41) is 7.15. The molecule has 2 amide bonds. The second kappa shape index (κ2) is 16.1. The highest BCUT2D eigenvalue weighted by molar-refractivity contribution is 8.03. The van der Waals surface area contributed by atoms with Gasteiger partial charge in [0.2, 0.25) is 11.8 Å². The molecule has 3 atom stereocenters. The van der Waals surface area contributed by atoms with Crippen LogP contribution in [0.1, 0.15) is 22.1 Å². The zero-order chi connectivity index (χ0) is 36.2. The number of esters is 1. The molecular formula is C39H29Cl3N2O6S2. The molecule has 0 bridgehead atoms. The summed E-state index contributed by atoms with van der Waals surface area (Å²) in [4.78, 5) is 43.5. The maximum absolute atomic E-state index is 14.4. The lowest BCUT2D eigenvalue weighted by Gasteiger charge is -2.51. The SMILES string of the molecule is O=C(Cc1cccs1)N[C@@H]1C(=O)N2C(C(=O)OC(c3ccccc3)c3ccccc3)C(COc3cc(Cl)ccc3Oc3ccc(Cl)cc3Cl)=CS[C@H]12. The van der Waals surface area contributed by atoms with Gasteiger partial charge in [-0.3, -0.25) is 9.59 Å². The first-order valence-corrected chi connectivity index (χ1v) is 19.0. The molecular weight excluding hydrogens is 763 g/mol. The summed E-state index contributed by atoms with van der Waals surface area (Å²) in [6.45, 7) is -0.120. The van der Waals surface area contributed by atoms with Gasteiger partial charge >= 0.3 is 5.97 Å². The monoisotopic (exact) mass is 790 g/mol. The van der Waals surface area contributed by atoms with Crippen LogP contribution in [0.2, 0.25) is 15.1 Å². The topological polar surface area (TPSA) is 94.2 Å². The van der Waals surface area contributed by atoms with Crippen molar-refractivity contribution in [1.29, 1.82) is 0 Å². The van der Waals surface area contributed by atoms with E-state index >= 15 is 0 Å². The largest absolute Gasteiger partial charge is 0.485 e. The third-order valence-electron chi connectivity index (χ3n) is 8.38. The predicted octanol–water partition coefficient (Wildman–Crippen LogP) is 9.11. The van der Waals surface area contributed by atoms with Crippen LogP contribution in [0, 0.1) is 0 Å². The summed E-state index contributed by atoms with van der Waals surface area (Å²) in [6.07, 6.45) is -0.597. The molecule has 5 aromatic rings. The smallest absolute Gasteiger partial charge is 0.334 e. The maximum atomic E-state index is 14.4. The molecule has 1 fully saturated rings. The summed E-state index contributed by atoms with van der Waals surface area (Å²) < 4.78 is 18.6. The molecule has 2 aliphatic heterocycles. The van der Waals surface area contributed by atoms with Crippen molar-refractivity contribution in [3.8, 4) is 17.2 Å². The maximum Gasteiger partial charge on any atom is 0.334 e. The second-order valence-corrected chi connectivity index (χ2v) is 15.2. The van der Waals surface area contributed by atoms with Gasteiger partial charge in [-0.25, -0.2) is 4.79 Å². The standard InChI is InChI=1S/C39H29Cl3N2O6S2/c40-26-13-15-30(29(42)18-26)49-31-16-14-27(41)19-32(31)48-21-25-22-52-38-34(43-33(45)20-28-12-7-17-51-28)37(46)44(38)35(25)39(47)50-36(23-8-3-1-4-9-23)24-10-5-2-6-11-24/h1-19,22,34-36,38H,20-21H2,(H,43,45)/t34-,35?,38-/m1/s1. The van der Waals surface area contributed by atoms with Crippen LogP contribution in [0.5, 0.6) is 17.2 Å². The lowest BCUT2D eigenvalue weighted by atomic mass is 9.97. The lowest BCUT2D eigenvalue weighted by Crippen LogP contribution is -2.74. The number of nitrogens with zero attached hydrogens (tertiary/aromatic N) is 1. The van der Waals surface area contributed by atoms with Gasteiger partial charge in [0.25, 0.3) is 0 Å². The summed E-state index contributed by atoms with van der Waals surface area (Å²) in [5.74, 6) is -0.382. The average Bonchev–Trinajstić information content (AvgIpc) is 3.67. The molecule has 1 aromatic heterocycles. The van der Waals surface area contributed by atoms with E-state index in [2.05, 4.69) is 5.32 Å². The fourth-order valence-corrected chi connectivity index (χ4v) is 8.42. The number of rotatable bonds is 12. The number of benzene rings is 4. The zero-order valence-electron chi connectivity index (χ0n) is 27.1. The average molecular weight is 792 g/mol. The molecule has 7 rings (SSSR count). The van der Waals surface area contributed by atoms with E-state index in [0.717, 1.165) is 16.0 Å². The van der Waals surface area contributed by atoms with Gasteiger partial charge < -0.3 is 24.4 Å². The van der Waals surface area contributed by atoms with Gasteiger partial charge in [0, 0.05) is 26.6 Å². The van der Waals surface area contributed by atoms with Crippen molar-refractivity contribution < 1.29 is 28.6 Å². The molecule has 1 unspecified atom stereocenters. The first-order valence-electron chi connectivity index (χ1n) is 16.1. The van der Waals surface area contributed by atoms with E-state index in [1.165, 1.54) is 28.0 Å². The van der Waals surface area contributed by atoms with E-state index in [9.17, 15) is 14.4 Å². The molecule has 0 aliphatic carbocycles. The van der Waals surface area contributed by atoms with Crippen molar-refractivity contribution in [2.75, 3.05) is 6.61 Å². The summed E-state index contributed by atoms with van der Waals surface area (Å²) in [6, 6.07) is 30.3. The third kappa shape index (κ3) is 7.96. The van der Waals surface area contributed by atoms with Crippen molar-refractivity contribution in [1.82, 2.24) is 10.2 Å². The minimum atomic E-state index is -1.15. The minimum Gasteiger partial charge on any atom is -0.485 e. The fourth-order valence-electron chi connectivity index (χ4n) is 5.89. The molecule has 1 N–H and O–H groups in total. The molecule has 4 aromatic carbocycles. The number of halogens is 3. The van der Waals surface area contributed by atoms with E-state index in [-0.39, 0.29) is 24.7 Å². The highest BCUT2D eigenvalue weighted by Crippen LogP contribution is 2.43. The van der Waals surface area contributed by atoms with Gasteiger partial charge in [0.15, 0.2) is 23.6 Å². The molecule has 13 heteroatoms. The van der Waals surface area contributed by atoms with Crippen LogP contribution in [0.4, 0.5) is 0 Å². The van der Waals surface area contributed by atoms with Gasteiger partial charge in [0.1, 0.15) is 23.8 Å². The normalized spacial score (nSPS) is 17.8. The number of hydrogen-bond acceptors (Lipinski definition) is 8. The number of nitrogens with one attached hydrogen (secondary N) is 1. The summed E-state index contributed by atoms with van der Waals surface area (Å²) in [5.41, 5.74) is 2.00. The van der Waals surface area contributed by atoms with Crippen molar-refractivity contribution in [2.24, 2.45) is 0 Å². The highest BCUT2D eigenvalue weighted by atomic mass is 35.5. The van der Waals surface area contributed by atoms with E-state index in [1.54, 1.807) is 41.8 Å². The second-order valence-electron chi connectivity index (χ2n) is 11.9. The van der Waals surface area contributed by atoms with E-state index in [4.69, 9.17) is 49.0 Å². The Labute approximate surface area is 323 Å². The zero-order valence-corrected chi connectivity index (χ0v) is 31.0. The van der Waals surface area contributed by atoms with Crippen LogP contribution in [-0.4, -0.2) is 46.7 Å². The van der Waals surface area contributed by atoms with Crippen molar-refractivity contribution >= 4 is 75.7 Å². The number of hydrogen-bond donors (Lipinski definition) is 1. The van der Waals surface area contributed by atoms with E-state index in [1.807, 2.05) is 78.2 Å². The Hall–Kier alpha value is -4.45. The number of carbonyl (C=O) groups is 3. The summed E-state index contributed by atoms with van der Waals surface area (Å²) >= 11 is 21.6. The van der Waals surface area contributed by atoms with Gasteiger partial charge in [-0.1, -0.05) is 102 Å². The van der Waals surface area contributed by atoms with Crippen LogP contribution in [0.25, 0.3) is 0 Å². The number of thiophene rings is 1. The predicted molar refractivity (Wildman–Crippen MR) is 204 cm³/mol. The number of amides is 2. The quantitative estimate of drug-likeness (QED) is 0.0996. The Bertz CT molecular complexity index is 2080. The van der Waals surface area contributed by atoms with E-state index in [0.29, 0.717) is 32.1 Å². The van der Waals surface area contributed by atoms with Crippen molar-refractivity contribution in [2.45, 2.75) is 30.0 Å². The fraction of sp³-hybridized carbons (Fsp3) is 0.154. The third-order valence-corrected chi connectivity index (χ3v) is 11.2. The molecule has 0 saturated carbocycles. The molecule has 0 radical (unpaired) electrons. The number of fused-ring (bicyclic) bond motifs is 1. The van der Waals surface area contributed by atoms with Crippen molar-refractivity contribution in [3.05, 3.63) is 157 Å². The summed E-state index contributed by atoms with van der Waals surface area (Å²) in [7, 11) is 0. The number of ether oxygens (including phenoxy) is 3. The number of β-lactam (4-membered cyclic amide) rings is 1. The van der Waals surface area contributed by atoms with E-state index < -0.39 is 35.4 Å². The Morgan fingerprint density at radius 3 is 2.13 bits per heavy atom.